The molecule has 2 aliphatic heterocycles. The van der Waals surface area contributed by atoms with Crippen LogP contribution in [0.3, 0.4) is 0 Å². The Morgan fingerprint density at radius 2 is 2.19 bits per heavy atom. The number of nitrogens with one attached hydrogen (secondary N) is 1. The number of hydrogen-bond donors (Lipinski definition) is 1. The standard InChI is InChI=1S/C11H18N2O2S/c1-5-7-8(14)15-11(4)6-10(2,3)12-9(16)13(7)11/h7H,5-6H2,1-4H3,(H,12,16). The van der Waals surface area contributed by atoms with E-state index in [0.717, 1.165) is 12.8 Å². The summed E-state index contributed by atoms with van der Waals surface area (Å²) in [6, 6.07) is -0.235. The molecule has 0 bridgehead atoms. The van der Waals surface area contributed by atoms with Gasteiger partial charge in [0.05, 0.1) is 0 Å². The third kappa shape index (κ3) is 1.57. The highest BCUT2D eigenvalue weighted by molar-refractivity contribution is 7.80. The smallest absolute Gasteiger partial charge is 0.331 e. The Morgan fingerprint density at radius 3 is 2.75 bits per heavy atom. The van der Waals surface area contributed by atoms with Gasteiger partial charge in [-0.15, -0.1) is 0 Å². The minimum atomic E-state index is -0.580. The fourth-order valence-electron chi connectivity index (χ4n) is 2.81. The highest BCUT2D eigenvalue weighted by Gasteiger charge is 2.56. The predicted octanol–water partition coefficient (Wildman–Crippen LogP) is 1.40. The van der Waals surface area contributed by atoms with Crippen LogP contribution in [0.5, 0.6) is 0 Å². The van der Waals surface area contributed by atoms with Gasteiger partial charge in [0.1, 0.15) is 6.04 Å². The molecule has 2 saturated heterocycles. The van der Waals surface area contributed by atoms with Crippen molar-refractivity contribution >= 4 is 23.3 Å². The molecule has 0 aromatic carbocycles. The van der Waals surface area contributed by atoms with Crippen molar-refractivity contribution in [3.8, 4) is 0 Å². The minimum Gasteiger partial charge on any atom is -0.437 e. The van der Waals surface area contributed by atoms with Crippen LogP contribution in [-0.4, -0.2) is 33.3 Å². The van der Waals surface area contributed by atoms with Gasteiger partial charge in [-0.2, -0.15) is 0 Å². The van der Waals surface area contributed by atoms with Gasteiger partial charge < -0.3 is 10.1 Å². The summed E-state index contributed by atoms with van der Waals surface area (Å²) >= 11 is 5.34. The average Bonchev–Trinajstić information content (AvgIpc) is 2.32. The van der Waals surface area contributed by atoms with Gasteiger partial charge in [-0.1, -0.05) is 6.92 Å². The van der Waals surface area contributed by atoms with Crippen LogP contribution in [0.1, 0.15) is 40.5 Å². The van der Waals surface area contributed by atoms with Gasteiger partial charge >= 0.3 is 5.97 Å². The molecule has 2 aliphatic rings. The van der Waals surface area contributed by atoms with Crippen molar-refractivity contribution in [3.05, 3.63) is 0 Å². The number of rotatable bonds is 1. The predicted molar refractivity (Wildman–Crippen MR) is 64.8 cm³/mol. The van der Waals surface area contributed by atoms with E-state index >= 15 is 0 Å². The minimum absolute atomic E-state index is 0.134. The Labute approximate surface area is 101 Å². The number of thiocarbonyl (C=S) groups is 1. The van der Waals surface area contributed by atoms with E-state index in [0.29, 0.717) is 5.11 Å². The molecular formula is C11H18N2O2S. The fourth-order valence-corrected chi connectivity index (χ4v) is 3.41. The Bertz CT molecular complexity index is 356. The number of fused-ring (bicyclic) bond motifs is 1. The van der Waals surface area contributed by atoms with Crippen molar-refractivity contribution in [1.29, 1.82) is 0 Å². The highest BCUT2D eigenvalue weighted by Crippen LogP contribution is 2.39. The van der Waals surface area contributed by atoms with Crippen molar-refractivity contribution in [2.24, 2.45) is 0 Å². The summed E-state index contributed by atoms with van der Waals surface area (Å²) in [5.41, 5.74) is -0.713. The lowest BCUT2D eigenvalue weighted by molar-refractivity contribution is -0.153. The number of hydrogen-bond acceptors (Lipinski definition) is 3. The molecule has 1 N–H and O–H groups in total. The largest absolute Gasteiger partial charge is 0.437 e. The van der Waals surface area contributed by atoms with Crippen LogP contribution in [0.25, 0.3) is 0 Å². The van der Waals surface area contributed by atoms with Crippen LogP contribution in [0.4, 0.5) is 0 Å². The topological polar surface area (TPSA) is 41.6 Å². The van der Waals surface area contributed by atoms with Crippen LogP contribution >= 0.6 is 12.2 Å². The van der Waals surface area contributed by atoms with Crippen LogP contribution < -0.4 is 5.32 Å². The van der Waals surface area contributed by atoms with E-state index in [4.69, 9.17) is 17.0 Å². The van der Waals surface area contributed by atoms with Gasteiger partial charge in [0.25, 0.3) is 0 Å². The van der Waals surface area contributed by atoms with Gasteiger partial charge in [-0.3, -0.25) is 4.90 Å². The highest BCUT2D eigenvalue weighted by atomic mass is 32.1. The number of carbonyl (C=O) groups is 1. The van der Waals surface area contributed by atoms with E-state index in [-0.39, 0.29) is 17.6 Å². The van der Waals surface area contributed by atoms with Gasteiger partial charge in [-0.25, -0.2) is 4.79 Å². The van der Waals surface area contributed by atoms with Crippen LogP contribution in [0.2, 0.25) is 0 Å². The zero-order valence-electron chi connectivity index (χ0n) is 10.2. The molecule has 0 aromatic rings. The molecular weight excluding hydrogens is 224 g/mol. The third-order valence-electron chi connectivity index (χ3n) is 3.23. The van der Waals surface area contributed by atoms with Crippen molar-refractivity contribution < 1.29 is 9.53 Å². The van der Waals surface area contributed by atoms with Crippen LogP contribution in [0.15, 0.2) is 0 Å². The van der Waals surface area contributed by atoms with Gasteiger partial charge in [0.2, 0.25) is 0 Å². The van der Waals surface area contributed by atoms with Gasteiger partial charge in [0, 0.05) is 12.0 Å². The SMILES string of the molecule is CCC1C(=O)OC2(C)CC(C)(C)NC(=S)N12. The van der Waals surface area contributed by atoms with E-state index in [1.165, 1.54) is 0 Å². The molecule has 2 atom stereocenters. The monoisotopic (exact) mass is 242 g/mol. The quantitative estimate of drug-likeness (QED) is 0.556. The molecule has 0 saturated carbocycles. The Balaban J connectivity index is 2.37. The molecule has 2 heterocycles. The van der Waals surface area contributed by atoms with Gasteiger partial charge in [-0.05, 0) is 39.4 Å². The normalized spacial score (nSPS) is 36.8. The average molecular weight is 242 g/mol. The second kappa shape index (κ2) is 3.32. The lowest BCUT2D eigenvalue weighted by atomic mass is 9.90. The van der Waals surface area contributed by atoms with E-state index in [1.54, 1.807) is 0 Å². The zero-order valence-corrected chi connectivity index (χ0v) is 11.0. The van der Waals surface area contributed by atoms with Crippen molar-refractivity contribution in [3.63, 3.8) is 0 Å². The molecule has 2 rings (SSSR count). The molecule has 0 aromatic heterocycles. The molecule has 2 unspecified atom stereocenters. The van der Waals surface area contributed by atoms with E-state index in [1.807, 2.05) is 18.7 Å². The summed E-state index contributed by atoms with van der Waals surface area (Å²) in [6.45, 7) is 8.04. The van der Waals surface area contributed by atoms with Crippen molar-refractivity contribution in [2.45, 2.75) is 57.8 Å². The maximum absolute atomic E-state index is 11.8. The Morgan fingerprint density at radius 1 is 1.56 bits per heavy atom. The molecule has 16 heavy (non-hydrogen) atoms. The van der Waals surface area contributed by atoms with E-state index in [9.17, 15) is 4.79 Å². The molecule has 5 heteroatoms. The van der Waals surface area contributed by atoms with E-state index in [2.05, 4.69) is 19.2 Å². The first-order chi connectivity index (χ1) is 7.29. The molecule has 2 fully saturated rings. The summed E-state index contributed by atoms with van der Waals surface area (Å²) in [5.74, 6) is -0.160. The van der Waals surface area contributed by atoms with Crippen LogP contribution in [-0.2, 0) is 9.53 Å². The fraction of sp³-hybridized carbons (Fsp3) is 0.818. The molecule has 0 amide bonds. The molecule has 0 radical (unpaired) electrons. The first-order valence-corrected chi connectivity index (χ1v) is 6.04. The molecule has 0 aliphatic carbocycles. The maximum Gasteiger partial charge on any atom is 0.331 e. The third-order valence-corrected chi connectivity index (χ3v) is 3.53. The maximum atomic E-state index is 11.8. The first kappa shape index (κ1) is 11.6. The summed E-state index contributed by atoms with van der Waals surface area (Å²) in [6.07, 6.45) is 1.46. The Kier molecular flexibility index (Phi) is 2.42. The molecule has 4 nitrogen and oxygen atoms in total. The first-order valence-electron chi connectivity index (χ1n) is 5.63. The number of esters is 1. The van der Waals surface area contributed by atoms with E-state index < -0.39 is 5.72 Å². The molecule has 0 spiro atoms. The lowest BCUT2D eigenvalue weighted by Crippen LogP contribution is -2.66. The summed E-state index contributed by atoms with van der Waals surface area (Å²) in [7, 11) is 0. The second-order valence-corrected chi connectivity index (χ2v) is 5.77. The number of nitrogens with zero attached hydrogens (tertiary/aromatic N) is 1. The van der Waals surface area contributed by atoms with Crippen molar-refractivity contribution in [1.82, 2.24) is 10.2 Å². The Hall–Kier alpha value is -0.840. The summed E-state index contributed by atoms with van der Waals surface area (Å²) < 4.78 is 5.52. The number of carbonyl (C=O) groups excluding carboxylic acids is 1. The summed E-state index contributed by atoms with van der Waals surface area (Å²) in [4.78, 5) is 13.7. The van der Waals surface area contributed by atoms with Crippen molar-refractivity contribution in [2.75, 3.05) is 0 Å². The second-order valence-electron chi connectivity index (χ2n) is 5.38. The molecule has 90 valence electrons. The summed E-state index contributed by atoms with van der Waals surface area (Å²) in [5, 5.41) is 3.88. The zero-order chi connectivity index (χ0) is 12.1. The van der Waals surface area contributed by atoms with Gasteiger partial charge in [0.15, 0.2) is 10.8 Å². The van der Waals surface area contributed by atoms with Crippen LogP contribution in [0, 0.1) is 0 Å². The number of ether oxygens (including phenoxy) is 1. The lowest BCUT2D eigenvalue weighted by Gasteiger charge is -2.48.